The fraction of sp³-hybridized carbons (Fsp3) is 0.263. The monoisotopic (exact) mass is 405 g/mol. The second-order valence-corrected chi connectivity index (χ2v) is 7.32. The Labute approximate surface area is 155 Å². The fourth-order valence-electron chi connectivity index (χ4n) is 1.86. The van der Waals surface area contributed by atoms with Crippen molar-refractivity contribution < 1.29 is 19.2 Å². The van der Waals surface area contributed by atoms with Gasteiger partial charge in [-0.25, -0.2) is 4.79 Å². The predicted octanol–water partition coefficient (Wildman–Crippen LogP) is 4.26. The fourth-order valence-corrected chi connectivity index (χ4v) is 2.35. The Bertz CT molecular complexity index is 754. The molecule has 2 aromatic rings. The molecule has 0 bridgehead atoms. The quantitative estimate of drug-likeness (QED) is 0.771. The van der Waals surface area contributed by atoms with Gasteiger partial charge in [0, 0.05) is 0 Å². The highest BCUT2D eigenvalue weighted by Crippen LogP contribution is 2.30. The lowest BCUT2D eigenvalue weighted by Crippen LogP contribution is -2.33. The molecule has 0 aliphatic carbocycles. The summed E-state index contributed by atoms with van der Waals surface area (Å²) in [6, 6.07) is 14.7. The average Bonchev–Trinajstić information content (AvgIpc) is 2.58. The van der Waals surface area contributed by atoms with Gasteiger partial charge in [0.15, 0.2) is 0 Å². The molecular formula is C19H20BrNO4. The van der Waals surface area contributed by atoms with Gasteiger partial charge < -0.3 is 9.57 Å². The van der Waals surface area contributed by atoms with Gasteiger partial charge in [0.05, 0.1) is 15.5 Å². The van der Waals surface area contributed by atoms with Gasteiger partial charge in [-0.3, -0.25) is 4.79 Å². The van der Waals surface area contributed by atoms with E-state index in [0.29, 0.717) is 16.8 Å². The molecule has 1 amide bonds. The van der Waals surface area contributed by atoms with E-state index in [2.05, 4.69) is 21.4 Å². The third kappa shape index (κ3) is 5.32. The molecule has 2 rings (SSSR count). The molecule has 0 unspecified atom stereocenters. The molecule has 0 aliphatic rings. The van der Waals surface area contributed by atoms with Crippen molar-refractivity contribution in [3.8, 4) is 5.75 Å². The normalized spacial score (nSPS) is 10.9. The zero-order valence-electron chi connectivity index (χ0n) is 14.3. The number of carbonyl (C=O) groups is 2. The van der Waals surface area contributed by atoms with E-state index in [-0.39, 0.29) is 5.56 Å². The standard InChI is InChI=1S/C19H20BrNO4/c1-19(2,3)18(23)25-21-17(22)14-10-7-11-15(20)16(14)24-12-13-8-5-4-6-9-13/h4-11H,12H2,1-3H3,(H,21,22). The highest BCUT2D eigenvalue weighted by Gasteiger charge is 2.25. The van der Waals surface area contributed by atoms with E-state index in [0.717, 1.165) is 5.56 Å². The minimum atomic E-state index is -0.711. The van der Waals surface area contributed by atoms with Crippen molar-refractivity contribution >= 4 is 27.8 Å². The Morgan fingerprint density at radius 1 is 1.04 bits per heavy atom. The number of hydrogen-bond donors (Lipinski definition) is 1. The summed E-state index contributed by atoms with van der Waals surface area (Å²) in [7, 11) is 0. The SMILES string of the molecule is CC(C)(C)C(=O)ONC(=O)c1cccc(Br)c1OCc1ccccc1. The van der Waals surface area contributed by atoms with Crippen LogP contribution in [0.2, 0.25) is 0 Å². The average molecular weight is 406 g/mol. The van der Waals surface area contributed by atoms with E-state index in [9.17, 15) is 9.59 Å². The van der Waals surface area contributed by atoms with E-state index < -0.39 is 17.3 Å². The summed E-state index contributed by atoms with van der Waals surface area (Å²) in [5.74, 6) is -0.694. The van der Waals surface area contributed by atoms with Crippen molar-refractivity contribution in [2.24, 2.45) is 5.41 Å². The molecule has 0 fully saturated rings. The zero-order chi connectivity index (χ0) is 18.4. The first kappa shape index (κ1) is 19.0. The summed E-state index contributed by atoms with van der Waals surface area (Å²) in [5.41, 5.74) is 2.72. The molecule has 5 nitrogen and oxygen atoms in total. The van der Waals surface area contributed by atoms with Crippen LogP contribution in [-0.4, -0.2) is 11.9 Å². The topological polar surface area (TPSA) is 64.6 Å². The van der Waals surface area contributed by atoms with Crippen LogP contribution in [0.5, 0.6) is 5.75 Å². The second-order valence-electron chi connectivity index (χ2n) is 6.46. The molecule has 2 aromatic carbocycles. The minimum absolute atomic E-state index is 0.270. The number of hydrogen-bond acceptors (Lipinski definition) is 4. The number of hydroxylamine groups is 1. The van der Waals surface area contributed by atoms with Gasteiger partial charge in [0.2, 0.25) is 0 Å². The summed E-state index contributed by atoms with van der Waals surface area (Å²) >= 11 is 3.39. The van der Waals surface area contributed by atoms with Crippen molar-refractivity contribution in [1.29, 1.82) is 0 Å². The first-order chi connectivity index (χ1) is 11.8. The predicted molar refractivity (Wildman–Crippen MR) is 97.9 cm³/mol. The van der Waals surface area contributed by atoms with Crippen LogP contribution in [0, 0.1) is 5.41 Å². The van der Waals surface area contributed by atoms with Crippen LogP contribution in [0.3, 0.4) is 0 Å². The Balaban J connectivity index is 2.11. The molecule has 0 spiro atoms. The van der Waals surface area contributed by atoms with Crippen LogP contribution < -0.4 is 10.2 Å². The molecular weight excluding hydrogens is 386 g/mol. The highest BCUT2D eigenvalue weighted by atomic mass is 79.9. The van der Waals surface area contributed by atoms with Crippen molar-refractivity contribution in [2.75, 3.05) is 0 Å². The number of carbonyl (C=O) groups excluding carboxylic acids is 2. The maximum absolute atomic E-state index is 12.4. The largest absolute Gasteiger partial charge is 0.487 e. The number of nitrogens with one attached hydrogen (secondary N) is 1. The van der Waals surface area contributed by atoms with Gasteiger partial charge in [0.25, 0.3) is 5.91 Å². The molecule has 1 N–H and O–H groups in total. The first-order valence-corrected chi connectivity index (χ1v) is 8.55. The van der Waals surface area contributed by atoms with Crippen molar-refractivity contribution in [3.05, 3.63) is 64.1 Å². The Kier molecular flexibility index (Phi) is 6.20. The maximum atomic E-state index is 12.4. The summed E-state index contributed by atoms with van der Waals surface area (Å²) < 4.78 is 6.44. The van der Waals surface area contributed by atoms with Crippen LogP contribution in [0.25, 0.3) is 0 Å². The van der Waals surface area contributed by atoms with Gasteiger partial charge in [-0.1, -0.05) is 36.4 Å². The van der Waals surface area contributed by atoms with Crippen LogP contribution in [-0.2, 0) is 16.2 Å². The lowest BCUT2D eigenvalue weighted by Gasteiger charge is -2.17. The van der Waals surface area contributed by atoms with E-state index in [1.165, 1.54) is 0 Å². The number of rotatable bonds is 4. The van der Waals surface area contributed by atoms with E-state index in [1.807, 2.05) is 30.3 Å². The Hall–Kier alpha value is -2.34. The van der Waals surface area contributed by atoms with Crippen LogP contribution in [0.1, 0.15) is 36.7 Å². The molecule has 0 heterocycles. The smallest absolute Gasteiger partial charge is 0.337 e. The van der Waals surface area contributed by atoms with Crippen molar-refractivity contribution in [2.45, 2.75) is 27.4 Å². The van der Waals surface area contributed by atoms with Crippen LogP contribution in [0.4, 0.5) is 0 Å². The maximum Gasteiger partial charge on any atom is 0.337 e. The first-order valence-electron chi connectivity index (χ1n) is 7.76. The second kappa shape index (κ2) is 8.16. The molecule has 0 radical (unpaired) electrons. The van der Waals surface area contributed by atoms with Crippen LogP contribution >= 0.6 is 15.9 Å². The van der Waals surface area contributed by atoms with Gasteiger partial charge >= 0.3 is 5.97 Å². The van der Waals surface area contributed by atoms with Gasteiger partial charge in [-0.2, -0.15) is 5.48 Å². The Morgan fingerprint density at radius 3 is 2.36 bits per heavy atom. The number of para-hydroxylation sites is 1. The van der Waals surface area contributed by atoms with E-state index in [1.54, 1.807) is 39.0 Å². The molecule has 0 atom stereocenters. The molecule has 25 heavy (non-hydrogen) atoms. The number of amides is 1. The highest BCUT2D eigenvalue weighted by molar-refractivity contribution is 9.10. The van der Waals surface area contributed by atoms with Crippen LogP contribution in [0.15, 0.2) is 53.0 Å². The van der Waals surface area contributed by atoms with E-state index >= 15 is 0 Å². The molecule has 6 heteroatoms. The van der Waals surface area contributed by atoms with Crippen molar-refractivity contribution in [1.82, 2.24) is 5.48 Å². The molecule has 0 aromatic heterocycles. The summed E-state index contributed by atoms with van der Waals surface area (Å²) in [6.07, 6.45) is 0. The third-order valence-electron chi connectivity index (χ3n) is 3.29. The number of benzene rings is 2. The molecule has 0 saturated heterocycles. The number of ether oxygens (including phenoxy) is 1. The molecule has 0 saturated carbocycles. The lowest BCUT2D eigenvalue weighted by molar-refractivity contribution is -0.158. The minimum Gasteiger partial charge on any atom is -0.487 e. The van der Waals surface area contributed by atoms with Gasteiger partial charge in [0.1, 0.15) is 12.4 Å². The third-order valence-corrected chi connectivity index (χ3v) is 3.91. The molecule has 0 aliphatic heterocycles. The summed E-state index contributed by atoms with van der Waals surface area (Å²) in [5, 5.41) is 0. The summed E-state index contributed by atoms with van der Waals surface area (Å²) in [6.45, 7) is 5.42. The van der Waals surface area contributed by atoms with Crippen molar-refractivity contribution in [3.63, 3.8) is 0 Å². The van der Waals surface area contributed by atoms with Gasteiger partial charge in [-0.15, -0.1) is 0 Å². The van der Waals surface area contributed by atoms with E-state index in [4.69, 9.17) is 9.57 Å². The number of halogens is 1. The Morgan fingerprint density at radius 2 is 1.72 bits per heavy atom. The lowest BCUT2D eigenvalue weighted by atomic mass is 9.98. The zero-order valence-corrected chi connectivity index (χ0v) is 15.9. The molecule has 132 valence electrons. The summed E-state index contributed by atoms with van der Waals surface area (Å²) in [4.78, 5) is 29.0. The van der Waals surface area contributed by atoms with Gasteiger partial charge in [-0.05, 0) is 54.4 Å².